The zero-order chi connectivity index (χ0) is 39.3. The quantitative estimate of drug-likeness (QED) is 0.174. The minimum absolute atomic E-state index is 0.0228. The first-order valence-electron chi connectivity index (χ1n) is 21.0. The maximum Gasteiger partial charge on any atom is 0.309 e. The first-order chi connectivity index (χ1) is 24.8. The molecule has 0 bridgehead atoms. The number of hydrogen-bond donors (Lipinski definition) is 4. The molecule has 5 rings (SSSR count). The fourth-order valence-electron chi connectivity index (χ4n) is 10.9. The average molecular weight is 753 g/mol. The highest BCUT2D eigenvalue weighted by atomic mass is 16.8. The Morgan fingerprint density at radius 3 is 2.09 bits per heavy atom. The molecule has 11 heteroatoms. The van der Waals surface area contributed by atoms with Crippen LogP contribution >= 0.6 is 0 Å². The normalized spacial score (nSPS) is 46.5. The molecule has 0 radical (unpaired) electrons. The topological polar surface area (TPSA) is 161 Å². The van der Waals surface area contributed by atoms with Gasteiger partial charge in [0, 0.05) is 36.5 Å². The summed E-state index contributed by atoms with van der Waals surface area (Å²) in [5.41, 5.74) is -1.59. The Labute approximate surface area is 318 Å². The third-order valence-electron chi connectivity index (χ3n) is 14.9. The van der Waals surface area contributed by atoms with Gasteiger partial charge in [-0.2, -0.15) is 0 Å². The van der Waals surface area contributed by atoms with E-state index >= 15 is 0 Å². The van der Waals surface area contributed by atoms with Gasteiger partial charge in [0.25, 0.3) is 0 Å². The lowest BCUT2D eigenvalue weighted by Gasteiger charge is -2.56. The fraction of sp³-hybridized carbons (Fsp3) is 0.952. The maximum absolute atomic E-state index is 14.5. The molecule has 18 atom stereocenters. The lowest BCUT2D eigenvalue weighted by molar-refractivity contribution is -0.442. The zero-order valence-electron chi connectivity index (χ0n) is 34.2. The van der Waals surface area contributed by atoms with Crippen LogP contribution in [0.3, 0.4) is 0 Å². The van der Waals surface area contributed by atoms with Crippen molar-refractivity contribution in [1.29, 1.82) is 0 Å². The number of carboxylic acid groups (broad SMARTS) is 1. The van der Waals surface area contributed by atoms with Crippen LogP contribution in [-0.2, 0) is 33.3 Å². The highest BCUT2D eigenvalue weighted by Crippen LogP contribution is 2.56. The van der Waals surface area contributed by atoms with Crippen molar-refractivity contribution in [3.63, 3.8) is 0 Å². The third kappa shape index (κ3) is 8.03. The molecule has 0 aromatic rings. The Balaban J connectivity index is 1.30. The van der Waals surface area contributed by atoms with Crippen molar-refractivity contribution >= 4 is 11.8 Å². The zero-order valence-corrected chi connectivity index (χ0v) is 34.2. The molecule has 53 heavy (non-hydrogen) atoms. The molecule has 11 nitrogen and oxygen atoms in total. The summed E-state index contributed by atoms with van der Waals surface area (Å²) >= 11 is 0. The number of aliphatic carboxylic acids is 1. The minimum Gasteiger partial charge on any atom is -0.481 e. The predicted molar refractivity (Wildman–Crippen MR) is 199 cm³/mol. The number of rotatable bonds is 12. The van der Waals surface area contributed by atoms with E-state index in [-0.39, 0.29) is 47.8 Å². The molecular weight excluding hydrogens is 680 g/mol. The highest BCUT2D eigenvalue weighted by molar-refractivity contribution is 5.84. The van der Waals surface area contributed by atoms with Crippen LogP contribution in [0, 0.1) is 41.4 Å². The van der Waals surface area contributed by atoms with Crippen LogP contribution in [0.2, 0.25) is 0 Å². The highest BCUT2D eigenvalue weighted by Gasteiger charge is 2.64. The summed E-state index contributed by atoms with van der Waals surface area (Å²) in [5, 5.41) is 44.1. The average Bonchev–Trinajstić information content (AvgIpc) is 3.47. The third-order valence-corrected chi connectivity index (χ3v) is 14.9. The number of hydrogen-bond acceptors (Lipinski definition) is 10. The Hall–Kier alpha value is -1.18. The molecule has 5 aliphatic heterocycles. The van der Waals surface area contributed by atoms with E-state index in [1.165, 1.54) is 0 Å². The largest absolute Gasteiger partial charge is 0.481 e. The Kier molecular flexibility index (Phi) is 13.3. The van der Waals surface area contributed by atoms with Gasteiger partial charge in [-0.05, 0) is 89.9 Å². The number of carbonyl (C=O) groups is 2. The van der Waals surface area contributed by atoms with Crippen molar-refractivity contribution in [3.05, 3.63) is 0 Å². The molecule has 5 heterocycles. The number of carboxylic acids is 1. The summed E-state index contributed by atoms with van der Waals surface area (Å²) in [4.78, 5) is 26.4. The second kappa shape index (κ2) is 16.4. The van der Waals surface area contributed by atoms with Crippen molar-refractivity contribution in [2.24, 2.45) is 41.4 Å². The Bertz CT molecular complexity index is 1280. The SMILES string of the molecule is CC[C@@H](C(=O)[C@@H](C)[C@@H](O)[C@H](C)[C@@H]1O[C@@H]([C@@H](CC)C(=O)O)CC[C@@H]1C)[C@H]1O[C@@]2(CC[C@@H](O)[C@]3(CC[C@@](C)([C@H]4CC[C@](O)(CC)[C@H](C)O4)O3)O2)[C@H](C)C[C@@H]1C. The Morgan fingerprint density at radius 2 is 1.49 bits per heavy atom. The molecule has 5 aliphatic rings. The van der Waals surface area contributed by atoms with Gasteiger partial charge in [-0.3, -0.25) is 9.59 Å². The number of Topliss-reactive ketones (excluding diaryl/α,β-unsaturated/α-hetero) is 1. The van der Waals surface area contributed by atoms with Crippen molar-refractivity contribution < 1.29 is 53.7 Å². The van der Waals surface area contributed by atoms with Gasteiger partial charge in [0.2, 0.25) is 0 Å². The first kappa shape index (κ1) is 43.0. The number of aliphatic hydroxyl groups is 3. The van der Waals surface area contributed by atoms with Crippen molar-refractivity contribution in [3.8, 4) is 0 Å². The van der Waals surface area contributed by atoms with Crippen LogP contribution in [0.25, 0.3) is 0 Å². The van der Waals surface area contributed by atoms with E-state index < -0.39 is 70.9 Å². The second-order valence-electron chi connectivity index (χ2n) is 18.3. The maximum atomic E-state index is 14.5. The minimum atomic E-state index is -1.28. The lowest BCUT2D eigenvalue weighted by Crippen LogP contribution is -2.65. The summed E-state index contributed by atoms with van der Waals surface area (Å²) < 4.78 is 33.7. The summed E-state index contributed by atoms with van der Waals surface area (Å²) in [6.07, 6.45) is 3.41. The van der Waals surface area contributed by atoms with Crippen LogP contribution in [0.1, 0.15) is 146 Å². The summed E-state index contributed by atoms with van der Waals surface area (Å²) in [6, 6.07) is 0. The van der Waals surface area contributed by atoms with E-state index in [0.717, 1.165) is 12.8 Å². The van der Waals surface area contributed by atoms with Crippen molar-refractivity contribution in [2.45, 2.75) is 212 Å². The van der Waals surface area contributed by atoms with Crippen LogP contribution in [0.15, 0.2) is 0 Å². The van der Waals surface area contributed by atoms with E-state index in [2.05, 4.69) is 20.8 Å². The molecule has 0 amide bonds. The smallest absolute Gasteiger partial charge is 0.309 e. The summed E-state index contributed by atoms with van der Waals surface area (Å²) in [7, 11) is 0. The molecule has 0 aliphatic carbocycles. The van der Waals surface area contributed by atoms with Crippen LogP contribution in [0.4, 0.5) is 0 Å². The number of ketones is 1. The van der Waals surface area contributed by atoms with Crippen molar-refractivity contribution in [2.75, 3.05) is 0 Å². The molecule has 0 aromatic carbocycles. The van der Waals surface area contributed by atoms with Crippen LogP contribution in [0.5, 0.6) is 0 Å². The molecular formula is C42H72O11. The van der Waals surface area contributed by atoms with E-state index in [9.17, 15) is 30.0 Å². The van der Waals surface area contributed by atoms with E-state index in [1.807, 2.05) is 41.5 Å². The van der Waals surface area contributed by atoms with Crippen LogP contribution < -0.4 is 0 Å². The van der Waals surface area contributed by atoms with Gasteiger partial charge in [0.15, 0.2) is 11.6 Å². The number of aliphatic hydroxyl groups excluding tert-OH is 2. The van der Waals surface area contributed by atoms with Gasteiger partial charge < -0.3 is 44.1 Å². The van der Waals surface area contributed by atoms with Gasteiger partial charge in [-0.1, -0.05) is 55.4 Å². The van der Waals surface area contributed by atoms with E-state index in [0.29, 0.717) is 64.2 Å². The standard InChI is InChI=1S/C42H72O11/c1-11-29(38(46)47)31-15-14-23(4)36(50-31)27(8)34(44)26(7)35(45)30(12-2)37-24(5)22-25(6)41(51-37)19-16-32(43)42(53-41)21-20-39(10,52-42)33-17-18-40(48,13-3)28(9)49-33/h23-34,36-37,43-44,48H,11-22H2,1-10H3,(H,46,47)/t23-,24-,25+,26-,27-,28-,29+,30-,31+,32+,33+,34+,36+,37-,39-,40+,41+,42-/m0/s1. The molecule has 0 aromatic heterocycles. The fourth-order valence-corrected chi connectivity index (χ4v) is 10.9. The lowest BCUT2D eigenvalue weighted by atomic mass is 9.72. The summed E-state index contributed by atoms with van der Waals surface area (Å²) in [6.45, 7) is 19.8. The summed E-state index contributed by atoms with van der Waals surface area (Å²) in [5.74, 6) is -5.29. The molecule has 5 fully saturated rings. The van der Waals surface area contributed by atoms with E-state index in [4.69, 9.17) is 23.7 Å². The van der Waals surface area contributed by atoms with Gasteiger partial charge >= 0.3 is 5.97 Å². The van der Waals surface area contributed by atoms with Gasteiger partial charge in [0.1, 0.15) is 11.9 Å². The molecule has 306 valence electrons. The molecule has 4 N–H and O–H groups in total. The number of ether oxygens (including phenoxy) is 5. The van der Waals surface area contributed by atoms with Gasteiger partial charge in [-0.25, -0.2) is 0 Å². The van der Waals surface area contributed by atoms with Crippen LogP contribution in [-0.4, -0.2) is 97.7 Å². The van der Waals surface area contributed by atoms with Gasteiger partial charge in [0.05, 0.1) is 53.7 Å². The molecule has 2 spiro atoms. The molecule has 0 unspecified atom stereocenters. The Morgan fingerprint density at radius 1 is 0.811 bits per heavy atom. The second-order valence-corrected chi connectivity index (χ2v) is 18.3. The molecule has 0 saturated carbocycles. The first-order valence-corrected chi connectivity index (χ1v) is 21.0. The number of carbonyl (C=O) groups excluding carboxylic acids is 1. The molecule has 5 saturated heterocycles. The van der Waals surface area contributed by atoms with E-state index in [1.54, 1.807) is 6.92 Å². The monoisotopic (exact) mass is 753 g/mol. The predicted octanol–water partition coefficient (Wildman–Crippen LogP) is 6.41. The van der Waals surface area contributed by atoms with Gasteiger partial charge in [-0.15, -0.1) is 0 Å². The van der Waals surface area contributed by atoms with Crippen molar-refractivity contribution in [1.82, 2.24) is 0 Å².